The lowest BCUT2D eigenvalue weighted by Gasteiger charge is -2.22. The maximum Gasteiger partial charge on any atom is 0.101 e. The van der Waals surface area contributed by atoms with E-state index in [1.807, 2.05) is 6.07 Å². The minimum atomic E-state index is -0.594. The van der Waals surface area contributed by atoms with Gasteiger partial charge in [-0.25, -0.2) is 4.39 Å². The van der Waals surface area contributed by atoms with Crippen LogP contribution in [0.3, 0.4) is 0 Å². The first-order valence-corrected chi connectivity index (χ1v) is 5.28. The molecule has 1 aliphatic carbocycles. The minimum absolute atomic E-state index is 0.107. The van der Waals surface area contributed by atoms with Gasteiger partial charge in [-0.3, -0.25) is 0 Å². The SMILES string of the molecule is FC1CCC2(CNc3ccccc32)C1. The molecule has 14 heavy (non-hydrogen) atoms. The zero-order valence-corrected chi connectivity index (χ0v) is 8.09. The zero-order valence-electron chi connectivity index (χ0n) is 8.09. The fraction of sp³-hybridized carbons (Fsp3) is 0.500. The highest BCUT2D eigenvalue weighted by Gasteiger charge is 2.44. The van der Waals surface area contributed by atoms with Gasteiger partial charge >= 0.3 is 0 Å². The highest BCUT2D eigenvalue weighted by molar-refractivity contribution is 5.60. The third kappa shape index (κ3) is 0.999. The van der Waals surface area contributed by atoms with Gasteiger partial charge in [0.25, 0.3) is 0 Å². The number of fused-ring (bicyclic) bond motifs is 2. The van der Waals surface area contributed by atoms with Gasteiger partial charge in [0.05, 0.1) is 0 Å². The van der Waals surface area contributed by atoms with E-state index in [4.69, 9.17) is 0 Å². The van der Waals surface area contributed by atoms with E-state index < -0.39 is 6.17 Å². The molecule has 74 valence electrons. The monoisotopic (exact) mass is 191 g/mol. The average molecular weight is 191 g/mol. The summed E-state index contributed by atoms with van der Waals surface area (Å²) in [7, 11) is 0. The van der Waals surface area contributed by atoms with Crippen LogP contribution in [-0.4, -0.2) is 12.7 Å². The summed E-state index contributed by atoms with van der Waals surface area (Å²) < 4.78 is 13.3. The Kier molecular flexibility index (Phi) is 1.61. The molecule has 0 amide bonds. The largest absolute Gasteiger partial charge is 0.384 e. The average Bonchev–Trinajstić information content (AvgIpc) is 2.75. The van der Waals surface area contributed by atoms with Gasteiger partial charge in [0, 0.05) is 17.6 Å². The van der Waals surface area contributed by atoms with Crippen molar-refractivity contribution in [2.75, 3.05) is 11.9 Å². The number of alkyl halides is 1. The molecule has 1 nitrogen and oxygen atoms in total. The number of rotatable bonds is 0. The number of anilines is 1. The summed E-state index contributed by atoms with van der Waals surface area (Å²) >= 11 is 0. The van der Waals surface area contributed by atoms with Crippen LogP contribution in [0.2, 0.25) is 0 Å². The number of para-hydroxylation sites is 1. The topological polar surface area (TPSA) is 12.0 Å². The summed E-state index contributed by atoms with van der Waals surface area (Å²) in [6, 6.07) is 8.33. The molecule has 1 aliphatic heterocycles. The summed E-state index contributed by atoms with van der Waals surface area (Å²) in [6.45, 7) is 0.923. The molecular weight excluding hydrogens is 177 g/mol. The second-order valence-electron chi connectivity index (χ2n) is 4.52. The Hall–Kier alpha value is -1.05. The van der Waals surface area contributed by atoms with E-state index in [0.717, 1.165) is 19.4 Å². The number of halogens is 1. The number of benzene rings is 1. The summed E-state index contributed by atoms with van der Waals surface area (Å²) in [6.07, 6.45) is 1.84. The predicted molar refractivity (Wildman–Crippen MR) is 55.4 cm³/mol. The van der Waals surface area contributed by atoms with Crippen LogP contribution in [0, 0.1) is 0 Å². The summed E-state index contributed by atoms with van der Waals surface area (Å²) in [5.74, 6) is 0. The molecular formula is C12H14FN. The number of hydrogen-bond acceptors (Lipinski definition) is 1. The van der Waals surface area contributed by atoms with Gasteiger partial charge in [-0.1, -0.05) is 18.2 Å². The third-order valence-electron chi connectivity index (χ3n) is 3.66. The second kappa shape index (κ2) is 2.72. The molecule has 1 aromatic rings. The molecule has 1 N–H and O–H groups in total. The second-order valence-corrected chi connectivity index (χ2v) is 4.52. The molecule has 2 atom stereocenters. The molecule has 0 radical (unpaired) electrons. The van der Waals surface area contributed by atoms with Gasteiger partial charge in [0.15, 0.2) is 0 Å². The van der Waals surface area contributed by atoms with Crippen LogP contribution < -0.4 is 5.32 Å². The third-order valence-corrected chi connectivity index (χ3v) is 3.66. The van der Waals surface area contributed by atoms with Crippen LogP contribution in [0.1, 0.15) is 24.8 Å². The van der Waals surface area contributed by atoms with Gasteiger partial charge in [0.1, 0.15) is 6.17 Å². The van der Waals surface area contributed by atoms with Gasteiger partial charge < -0.3 is 5.32 Å². The van der Waals surface area contributed by atoms with E-state index in [9.17, 15) is 4.39 Å². The fourth-order valence-electron chi connectivity index (χ4n) is 2.93. The summed E-state index contributed by atoms with van der Waals surface area (Å²) in [5, 5.41) is 3.39. The van der Waals surface area contributed by atoms with E-state index in [1.165, 1.54) is 11.3 Å². The van der Waals surface area contributed by atoms with Crippen molar-refractivity contribution in [2.45, 2.75) is 30.8 Å². The Balaban J connectivity index is 2.05. The number of nitrogens with one attached hydrogen (secondary N) is 1. The lowest BCUT2D eigenvalue weighted by molar-refractivity contribution is 0.324. The molecule has 0 saturated heterocycles. The summed E-state index contributed by atoms with van der Waals surface area (Å²) in [5.41, 5.74) is 2.65. The smallest absolute Gasteiger partial charge is 0.101 e. The molecule has 0 bridgehead atoms. The van der Waals surface area contributed by atoms with Crippen molar-refractivity contribution < 1.29 is 4.39 Å². The van der Waals surface area contributed by atoms with Crippen molar-refractivity contribution in [1.82, 2.24) is 0 Å². The maximum absolute atomic E-state index is 13.3. The number of hydrogen-bond donors (Lipinski definition) is 1. The van der Waals surface area contributed by atoms with E-state index in [1.54, 1.807) is 0 Å². The van der Waals surface area contributed by atoms with E-state index >= 15 is 0 Å². The Bertz CT molecular complexity index is 359. The summed E-state index contributed by atoms with van der Waals surface area (Å²) in [4.78, 5) is 0. The molecule has 1 saturated carbocycles. The molecule has 2 heteroatoms. The Morgan fingerprint density at radius 2 is 2.21 bits per heavy atom. The minimum Gasteiger partial charge on any atom is -0.384 e. The van der Waals surface area contributed by atoms with Crippen molar-refractivity contribution in [3.05, 3.63) is 29.8 Å². The Labute approximate surface area is 83.3 Å². The normalized spacial score (nSPS) is 34.5. The van der Waals surface area contributed by atoms with Crippen molar-refractivity contribution in [3.8, 4) is 0 Å². The van der Waals surface area contributed by atoms with Gasteiger partial charge in [-0.15, -0.1) is 0 Å². The Morgan fingerprint density at radius 1 is 1.36 bits per heavy atom. The van der Waals surface area contributed by atoms with Crippen molar-refractivity contribution in [3.63, 3.8) is 0 Å². The highest BCUT2D eigenvalue weighted by atomic mass is 19.1. The van der Waals surface area contributed by atoms with Gasteiger partial charge in [0.2, 0.25) is 0 Å². The van der Waals surface area contributed by atoms with Crippen LogP contribution in [0.15, 0.2) is 24.3 Å². The molecule has 1 fully saturated rings. The first kappa shape index (κ1) is 8.27. The lowest BCUT2D eigenvalue weighted by atomic mass is 9.81. The highest BCUT2D eigenvalue weighted by Crippen LogP contribution is 2.48. The molecule has 0 aromatic heterocycles. The molecule has 1 heterocycles. The zero-order chi connectivity index (χ0) is 9.60. The van der Waals surface area contributed by atoms with Gasteiger partial charge in [-0.05, 0) is 30.9 Å². The quantitative estimate of drug-likeness (QED) is 0.665. The van der Waals surface area contributed by atoms with Crippen LogP contribution in [0.5, 0.6) is 0 Å². The fourth-order valence-corrected chi connectivity index (χ4v) is 2.93. The van der Waals surface area contributed by atoms with Crippen LogP contribution in [0.4, 0.5) is 10.1 Å². The first-order chi connectivity index (χ1) is 6.80. The van der Waals surface area contributed by atoms with Crippen LogP contribution in [0.25, 0.3) is 0 Å². The predicted octanol–water partition coefficient (Wildman–Crippen LogP) is 2.87. The standard InChI is InChI=1S/C12H14FN/c13-9-5-6-12(7-9)8-14-11-4-2-1-3-10(11)12/h1-4,9,14H,5-8H2. The maximum atomic E-state index is 13.3. The van der Waals surface area contributed by atoms with Crippen molar-refractivity contribution >= 4 is 5.69 Å². The molecule has 2 unspecified atom stereocenters. The molecule has 1 spiro atoms. The first-order valence-electron chi connectivity index (χ1n) is 5.28. The van der Waals surface area contributed by atoms with Gasteiger partial charge in [-0.2, -0.15) is 0 Å². The van der Waals surface area contributed by atoms with E-state index in [2.05, 4.69) is 23.5 Å². The van der Waals surface area contributed by atoms with Crippen molar-refractivity contribution in [1.29, 1.82) is 0 Å². The van der Waals surface area contributed by atoms with E-state index in [-0.39, 0.29) is 5.41 Å². The van der Waals surface area contributed by atoms with Crippen LogP contribution in [-0.2, 0) is 5.41 Å². The molecule has 3 rings (SSSR count). The van der Waals surface area contributed by atoms with E-state index in [0.29, 0.717) is 6.42 Å². The van der Waals surface area contributed by atoms with Crippen LogP contribution >= 0.6 is 0 Å². The Morgan fingerprint density at radius 3 is 3.00 bits per heavy atom. The molecule has 1 aromatic carbocycles. The molecule has 2 aliphatic rings. The van der Waals surface area contributed by atoms with Crippen molar-refractivity contribution in [2.24, 2.45) is 0 Å². The lowest BCUT2D eigenvalue weighted by Crippen LogP contribution is -2.25.